The first-order chi connectivity index (χ1) is 13.5. The lowest BCUT2D eigenvalue weighted by Gasteiger charge is -2.36. The van der Waals surface area contributed by atoms with Gasteiger partial charge in [-0.2, -0.15) is 0 Å². The second-order valence-electron chi connectivity index (χ2n) is 9.45. The zero-order valence-corrected chi connectivity index (χ0v) is 19.8. The Hall–Kier alpha value is -1.86. The molecule has 0 fully saturated rings. The predicted octanol–water partition coefficient (Wildman–Crippen LogP) is 6.36. The molecule has 0 unspecified atom stereocenters. The molecule has 0 spiro atoms. The van der Waals surface area contributed by atoms with E-state index < -0.39 is 13.9 Å². The molecule has 2 aromatic carbocycles. The summed E-state index contributed by atoms with van der Waals surface area (Å²) in [5, 5.41) is 11.6. The fourth-order valence-electron chi connectivity index (χ4n) is 2.99. The first-order valence-electron chi connectivity index (χ1n) is 10.5. The van der Waals surface area contributed by atoms with Crippen molar-refractivity contribution in [3.8, 4) is 11.8 Å². The van der Waals surface area contributed by atoms with Gasteiger partial charge in [0.15, 0.2) is 8.32 Å². The summed E-state index contributed by atoms with van der Waals surface area (Å²) in [6.45, 7) is 13.9. The van der Waals surface area contributed by atoms with Gasteiger partial charge in [0.25, 0.3) is 0 Å². The quantitative estimate of drug-likeness (QED) is 0.328. The fraction of sp³-hybridized carbons (Fsp3) is 0.462. The maximum absolute atomic E-state index is 11.4. The van der Waals surface area contributed by atoms with E-state index in [0.717, 1.165) is 24.0 Å². The minimum atomic E-state index is -1.76. The third-order valence-corrected chi connectivity index (χ3v) is 10.6. The third kappa shape index (κ3) is 6.57. The van der Waals surface area contributed by atoms with E-state index in [1.165, 1.54) is 0 Å². The van der Waals surface area contributed by atoms with E-state index in [1.807, 2.05) is 67.6 Å². The maximum Gasteiger partial charge on any atom is 0.191 e. The lowest BCUT2D eigenvalue weighted by Crippen LogP contribution is -2.41. The van der Waals surface area contributed by atoms with Gasteiger partial charge in [-0.1, -0.05) is 81.1 Å². The van der Waals surface area contributed by atoms with Crippen LogP contribution in [0.15, 0.2) is 60.7 Å². The Balaban J connectivity index is 2.14. The van der Waals surface area contributed by atoms with Crippen molar-refractivity contribution in [3.63, 3.8) is 0 Å². The van der Waals surface area contributed by atoms with Crippen molar-refractivity contribution >= 4 is 8.32 Å². The molecule has 156 valence electrons. The van der Waals surface area contributed by atoms with Crippen molar-refractivity contribution in [1.82, 2.24) is 0 Å². The molecule has 2 aromatic rings. The van der Waals surface area contributed by atoms with Crippen LogP contribution in [-0.2, 0) is 10.0 Å². The van der Waals surface area contributed by atoms with E-state index in [2.05, 4.69) is 45.7 Å². The van der Waals surface area contributed by atoms with Crippen LogP contribution in [0.3, 0.4) is 0 Å². The van der Waals surface area contributed by atoms with Gasteiger partial charge in [-0.15, -0.1) is 0 Å². The van der Waals surface area contributed by atoms with Gasteiger partial charge in [-0.05, 0) is 55.6 Å². The van der Waals surface area contributed by atoms with Crippen molar-refractivity contribution < 1.29 is 9.53 Å². The summed E-state index contributed by atoms with van der Waals surface area (Å²) in [4.78, 5) is 0. The molecule has 0 aliphatic carbocycles. The van der Waals surface area contributed by atoms with Crippen molar-refractivity contribution in [2.24, 2.45) is 5.92 Å². The molecule has 0 aliphatic rings. The van der Waals surface area contributed by atoms with Gasteiger partial charge in [0.1, 0.15) is 5.60 Å². The van der Waals surface area contributed by atoms with E-state index in [1.54, 1.807) is 0 Å². The molecule has 2 atom stereocenters. The monoisotopic (exact) mass is 408 g/mol. The van der Waals surface area contributed by atoms with E-state index in [4.69, 9.17) is 4.43 Å². The Morgan fingerprint density at radius 3 is 2.03 bits per heavy atom. The summed E-state index contributed by atoms with van der Waals surface area (Å²) < 4.78 is 6.33. The average Bonchev–Trinajstić information content (AvgIpc) is 2.67. The van der Waals surface area contributed by atoms with Gasteiger partial charge in [-0.3, -0.25) is 0 Å². The fourth-order valence-corrected chi connectivity index (χ4v) is 4.08. The molecule has 0 saturated carbocycles. The zero-order chi connectivity index (χ0) is 21.5. The third-order valence-electron chi connectivity index (χ3n) is 6.11. The highest BCUT2D eigenvalue weighted by molar-refractivity contribution is 6.74. The molecule has 0 heterocycles. The highest BCUT2D eigenvalue weighted by Crippen LogP contribution is 2.37. The van der Waals surface area contributed by atoms with Gasteiger partial charge >= 0.3 is 0 Å². The lowest BCUT2D eigenvalue weighted by atomic mass is 9.80. The second kappa shape index (κ2) is 9.76. The minimum Gasteiger partial charge on any atom is -0.417 e. The first-order valence-corrected chi connectivity index (χ1v) is 13.4. The van der Waals surface area contributed by atoms with E-state index in [9.17, 15) is 5.11 Å². The number of hydrogen-bond acceptors (Lipinski definition) is 2. The van der Waals surface area contributed by atoms with Crippen molar-refractivity contribution in [2.45, 2.75) is 64.3 Å². The van der Waals surface area contributed by atoms with E-state index >= 15 is 0 Å². The van der Waals surface area contributed by atoms with Crippen LogP contribution in [0.2, 0.25) is 18.1 Å². The number of benzene rings is 2. The van der Waals surface area contributed by atoms with Crippen LogP contribution in [-0.4, -0.2) is 20.0 Å². The molecule has 0 saturated heterocycles. The Kier molecular flexibility index (Phi) is 7.88. The Labute approximate surface area is 178 Å². The summed E-state index contributed by atoms with van der Waals surface area (Å²) in [5.41, 5.74) is 0.858. The Morgan fingerprint density at radius 2 is 1.48 bits per heavy atom. The molecule has 0 aliphatic heterocycles. The molecule has 0 radical (unpaired) electrons. The number of rotatable bonds is 7. The summed E-state index contributed by atoms with van der Waals surface area (Å²) in [5.74, 6) is 6.45. The normalized spacial score (nSPS) is 15.1. The Morgan fingerprint density at radius 1 is 0.931 bits per heavy atom. The lowest BCUT2D eigenvalue weighted by molar-refractivity contribution is 0.0121. The number of aliphatic hydroxyl groups is 1. The molecule has 3 heteroatoms. The molecule has 2 rings (SSSR count). The maximum atomic E-state index is 11.4. The minimum absolute atomic E-state index is 0.173. The summed E-state index contributed by atoms with van der Waals surface area (Å²) in [7, 11) is -1.76. The van der Waals surface area contributed by atoms with Crippen molar-refractivity contribution in [2.75, 3.05) is 6.61 Å². The van der Waals surface area contributed by atoms with Crippen LogP contribution in [0.1, 0.15) is 51.7 Å². The van der Waals surface area contributed by atoms with Crippen molar-refractivity contribution in [3.05, 3.63) is 71.8 Å². The summed E-state index contributed by atoms with van der Waals surface area (Å²) in [6.07, 6.45) is 1.67. The molecule has 29 heavy (non-hydrogen) atoms. The molecular weight excluding hydrogens is 372 g/mol. The summed E-state index contributed by atoms with van der Waals surface area (Å²) in [6, 6.07) is 19.8. The Bertz CT molecular complexity index is 809. The smallest absolute Gasteiger partial charge is 0.191 e. The van der Waals surface area contributed by atoms with Gasteiger partial charge in [0.2, 0.25) is 0 Å². The molecule has 0 bridgehead atoms. The van der Waals surface area contributed by atoms with Crippen LogP contribution >= 0.6 is 0 Å². The number of hydrogen-bond donors (Lipinski definition) is 1. The predicted molar refractivity (Wildman–Crippen MR) is 125 cm³/mol. The first kappa shape index (κ1) is 23.4. The van der Waals surface area contributed by atoms with Crippen molar-refractivity contribution in [1.29, 1.82) is 0 Å². The van der Waals surface area contributed by atoms with Gasteiger partial charge in [0.05, 0.1) is 5.92 Å². The van der Waals surface area contributed by atoms with Gasteiger partial charge in [-0.25, -0.2) is 0 Å². The van der Waals surface area contributed by atoms with Gasteiger partial charge < -0.3 is 9.53 Å². The standard InChI is InChI=1S/C26H36O2Si/c1-25(2,3)29(5,6)28-21-13-18-24(20-19-22-14-9-7-10-15-22)26(4,27)23-16-11-8-12-17-23/h7-12,14-17,24,27H,13,18,21H2,1-6H3/t24-,26-/m0/s1. The molecule has 2 nitrogen and oxygen atoms in total. The van der Waals surface area contributed by atoms with E-state index in [-0.39, 0.29) is 11.0 Å². The van der Waals surface area contributed by atoms with E-state index in [0.29, 0.717) is 6.61 Å². The van der Waals surface area contributed by atoms with Crippen LogP contribution in [0.5, 0.6) is 0 Å². The summed E-state index contributed by atoms with van der Waals surface area (Å²) >= 11 is 0. The topological polar surface area (TPSA) is 29.5 Å². The average molecular weight is 409 g/mol. The largest absolute Gasteiger partial charge is 0.417 e. The molecular formula is C26H36O2Si. The highest BCUT2D eigenvalue weighted by Gasteiger charge is 2.37. The van der Waals surface area contributed by atoms with Crippen LogP contribution in [0.4, 0.5) is 0 Å². The highest BCUT2D eigenvalue weighted by atomic mass is 28.4. The molecule has 0 amide bonds. The second-order valence-corrected chi connectivity index (χ2v) is 14.3. The SMILES string of the molecule is CC(C)(C)[Si](C)(C)OCCC[C@@H](C#Cc1ccccc1)[C@@](C)(O)c1ccccc1. The molecule has 1 N–H and O–H groups in total. The van der Waals surface area contributed by atoms with Crippen LogP contribution in [0.25, 0.3) is 0 Å². The zero-order valence-electron chi connectivity index (χ0n) is 18.8. The molecule has 0 aromatic heterocycles. The van der Waals surface area contributed by atoms with Crippen LogP contribution < -0.4 is 0 Å². The van der Waals surface area contributed by atoms with Gasteiger partial charge in [0, 0.05) is 12.2 Å². The van der Waals surface area contributed by atoms with Crippen LogP contribution in [0, 0.1) is 17.8 Å².